The van der Waals surface area contributed by atoms with Crippen molar-refractivity contribution in [3.8, 4) is 5.75 Å². The molecule has 49 heavy (non-hydrogen) atoms. The number of rotatable bonds is 2. The second-order valence-corrected chi connectivity index (χ2v) is 18.8. The number of anilines is 1. The molecule has 10 heteroatoms. The zero-order chi connectivity index (χ0) is 34.6. The van der Waals surface area contributed by atoms with Crippen molar-refractivity contribution in [1.82, 2.24) is 9.62 Å². The number of β-amino-alcohol motifs (C(OH)–C–C–N with tert-alkyl or cyclic N) is 1. The first-order chi connectivity index (χ1) is 23.4. The lowest BCUT2D eigenvalue weighted by Crippen LogP contribution is -2.59. The predicted octanol–water partition coefficient (Wildman–Crippen LogP) is 5.86. The number of aliphatic hydroxyl groups is 1. The zero-order valence-corrected chi connectivity index (χ0v) is 31.0. The van der Waals surface area contributed by atoms with Crippen LogP contribution in [0.2, 0.25) is 5.02 Å². The molecule has 1 amide bonds. The van der Waals surface area contributed by atoms with Crippen LogP contribution in [0, 0.1) is 17.8 Å². The highest BCUT2D eigenvalue weighted by molar-refractivity contribution is 7.99. The highest BCUT2D eigenvalue weighted by Crippen LogP contribution is 2.49. The van der Waals surface area contributed by atoms with E-state index in [9.17, 15) is 14.1 Å². The minimum Gasteiger partial charge on any atom is -0.490 e. The van der Waals surface area contributed by atoms with Crippen LogP contribution in [0.5, 0.6) is 5.75 Å². The topological polar surface area (TPSA) is 91.3 Å². The average molecular weight is 712 g/mol. The summed E-state index contributed by atoms with van der Waals surface area (Å²) in [6, 6.07) is 12.1. The van der Waals surface area contributed by atoms with Crippen LogP contribution in [0.3, 0.4) is 0 Å². The molecule has 1 saturated carbocycles. The van der Waals surface area contributed by atoms with Crippen molar-refractivity contribution in [2.45, 2.75) is 94.4 Å². The van der Waals surface area contributed by atoms with Crippen LogP contribution in [0.4, 0.5) is 5.69 Å². The maximum atomic E-state index is 13.9. The van der Waals surface area contributed by atoms with Crippen molar-refractivity contribution in [2.75, 3.05) is 50.9 Å². The van der Waals surface area contributed by atoms with E-state index in [0.29, 0.717) is 38.3 Å². The Kier molecular flexibility index (Phi) is 9.80. The van der Waals surface area contributed by atoms with Gasteiger partial charge in [0.1, 0.15) is 5.75 Å². The largest absolute Gasteiger partial charge is 0.490 e. The summed E-state index contributed by atoms with van der Waals surface area (Å²) in [5.74, 6) is 4.91. The van der Waals surface area contributed by atoms with Gasteiger partial charge in [-0.15, -0.1) is 0 Å². The molecule has 2 N–H and O–H groups in total. The minimum absolute atomic E-state index is 0.0577. The minimum atomic E-state index is -2.94. The van der Waals surface area contributed by atoms with Gasteiger partial charge in [-0.25, -0.2) is 4.21 Å². The molecule has 2 aromatic carbocycles. The molecular formula is C39H54ClN3O5S. The average Bonchev–Trinajstić information content (AvgIpc) is 3.19. The van der Waals surface area contributed by atoms with Crippen LogP contribution >= 0.6 is 11.6 Å². The number of benzene rings is 2. The Morgan fingerprint density at radius 1 is 1.10 bits per heavy atom. The molecule has 1 spiro atoms. The summed E-state index contributed by atoms with van der Waals surface area (Å²) in [5.41, 5.74) is 2.81. The highest BCUT2D eigenvalue weighted by atomic mass is 35.5. The van der Waals surface area contributed by atoms with Crippen molar-refractivity contribution >= 4 is 38.8 Å². The highest BCUT2D eigenvalue weighted by Gasteiger charge is 2.50. The van der Waals surface area contributed by atoms with Gasteiger partial charge in [0, 0.05) is 53.5 Å². The molecule has 2 aromatic rings. The Bertz CT molecular complexity index is 1670. The second kappa shape index (κ2) is 13.7. The van der Waals surface area contributed by atoms with Crippen molar-refractivity contribution in [3.05, 3.63) is 58.1 Å². The van der Waals surface area contributed by atoms with Crippen LogP contribution in [0.15, 0.2) is 36.4 Å². The van der Waals surface area contributed by atoms with E-state index in [2.05, 4.69) is 46.4 Å². The molecule has 5 aliphatic rings. The number of hydrogen-bond donors (Lipinski definition) is 2. The molecule has 2 bridgehead atoms. The van der Waals surface area contributed by atoms with Gasteiger partial charge in [-0.2, -0.15) is 0 Å². The van der Waals surface area contributed by atoms with Gasteiger partial charge in [-0.1, -0.05) is 31.0 Å². The molecule has 0 radical (unpaired) electrons. The third kappa shape index (κ3) is 6.87. The number of carbonyl (C=O) groups excluding carboxylic acids is 1. The maximum Gasteiger partial charge on any atom is 0.262 e. The molecule has 7 rings (SSSR count). The molecule has 2 aliphatic carbocycles. The van der Waals surface area contributed by atoms with Gasteiger partial charge in [-0.3, -0.25) is 14.4 Å². The molecule has 3 heterocycles. The monoisotopic (exact) mass is 711 g/mol. The van der Waals surface area contributed by atoms with E-state index in [-0.39, 0.29) is 40.4 Å². The van der Waals surface area contributed by atoms with Gasteiger partial charge in [0.25, 0.3) is 5.91 Å². The first-order valence-corrected chi connectivity index (χ1v) is 20.6. The molecule has 8 nitrogen and oxygen atoms in total. The van der Waals surface area contributed by atoms with E-state index in [0.717, 1.165) is 81.0 Å². The van der Waals surface area contributed by atoms with E-state index in [1.807, 2.05) is 25.1 Å². The fraction of sp³-hybridized carbons (Fsp3) is 0.641. The summed E-state index contributed by atoms with van der Waals surface area (Å²) in [6.07, 6.45) is 7.38. The van der Waals surface area contributed by atoms with Crippen molar-refractivity contribution in [1.29, 1.82) is 0 Å². The Balaban J connectivity index is 1.29. The number of fused-ring (bicyclic) bond motifs is 4. The SMILES string of the molecule is C=S1(=O)NC(=O)c2ccc3c(c2)N(C[C@@H]2CC[C@H]2[C@](O)(CN2CCOC[C@@H]2C)CCC[C@H](C)[C@H]1C)C[C@@]1(CCCc2cc(Cl)ccc21)CO3. The van der Waals surface area contributed by atoms with Gasteiger partial charge in [0.2, 0.25) is 0 Å². The Labute approximate surface area is 298 Å². The third-order valence-corrected chi connectivity index (χ3v) is 15.2. The number of nitrogens with zero attached hydrogens (tertiary/aromatic N) is 2. The molecule has 268 valence electrons. The summed E-state index contributed by atoms with van der Waals surface area (Å²) in [5, 5.41) is 13.2. The van der Waals surface area contributed by atoms with Crippen LogP contribution < -0.4 is 14.4 Å². The Morgan fingerprint density at radius 3 is 2.71 bits per heavy atom. The zero-order valence-electron chi connectivity index (χ0n) is 29.4. The van der Waals surface area contributed by atoms with E-state index in [4.69, 9.17) is 21.1 Å². The number of amides is 1. The van der Waals surface area contributed by atoms with Crippen molar-refractivity contribution in [2.24, 2.45) is 17.8 Å². The van der Waals surface area contributed by atoms with Crippen molar-refractivity contribution < 1.29 is 23.6 Å². The van der Waals surface area contributed by atoms with Crippen molar-refractivity contribution in [3.63, 3.8) is 0 Å². The lowest BCUT2D eigenvalue weighted by Gasteiger charge is -2.52. The normalized spacial score (nSPS) is 37.2. The molecule has 8 atom stereocenters. The lowest BCUT2D eigenvalue weighted by atomic mass is 9.62. The molecule has 2 fully saturated rings. The number of halogens is 1. The number of hydrogen-bond acceptors (Lipinski definition) is 7. The quantitative estimate of drug-likeness (QED) is 0.378. The molecule has 1 unspecified atom stereocenters. The van der Waals surface area contributed by atoms with Crippen LogP contribution in [-0.4, -0.2) is 88.9 Å². The van der Waals surface area contributed by atoms with E-state index < -0.39 is 15.3 Å². The van der Waals surface area contributed by atoms with Crippen LogP contribution in [-0.2, 0) is 26.3 Å². The Morgan fingerprint density at radius 2 is 1.94 bits per heavy atom. The fourth-order valence-electron chi connectivity index (χ4n) is 9.41. The van der Waals surface area contributed by atoms with Gasteiger partial charge in [0.05, 0.1) is 40.8 Å². The summed E-state index contributed by atoms with van der Waals surface area (Å²) in [7, 11) is -2.94. The van der Waals surface area contributed by atoms with Gasteiger partial charge >= 0.3 is 0 Å². The fourth-order valence-corrected chi connectivity index (χ4v) is 11.1. The van der Waals surface area contributed by atoms with Crippen LogP contribution in [0.25, 0.3) is 0 Å². The molecule has 1 saturated heterocycles. The van der Waals surface area contributed by atoms with Gasteiger partial charge in [-0.05, 0) is 124 Å². The lowest BCUT2D eigenvalue weighted by molar-refractivity contribution is -0.123. The van der Waals surface area contributed by atoms with E-state index >= 15 is 0 Å². The Hall–Kier alpha value is -2.30. The van der Waals surface area contributed by atoms with E-state index in [1.165, 1.54) is 11.1 Å². The number of morpholine rings is 1. The van der Waals surface area contributed by atoms with Crippen LogP contribution in [0.1, 0.15) is 87.2 Å². The van der Waals surface area contributed by atoms with Gasteiger partial charge < -0.3 is 19.5 Å². The molecular weight excluding hydrogens is 658 g/mol. The maximum absolute atomic E-state index is 13.9. The van der Waals surface area contributed by atoms with Gasteiger partial charge in [0.15, 0.2) is 0 Å². The number of aryl methyl sites for hydroxylation is 1. The number of carbonyl (C=O) groups is 1. The summed E-state index contributed by atoms with van der Waals surface area (Å²) in [4.78, 5) is 18.6. The smallest absolute Gasteiger partial charge is 0.262 e. The summed E-state index contributed by atoms with van der Waals surface area (Å²) >= 11 is 6.48. The molecule has 0 aromatic heterocycles. The van der Waals surface area contributed by atoms with E-state index in [1.54, 1.807) is 6.07 Å². The standard InChI is InChI=1S/C39H54ClN3O5S/c1-26-7-5-16-39(45,24-42-17-18-47-22-27(42)2)34-12-9-31(34)21-43-23-38(15-6-8-29-19-32(40)11-13-33(29)38)25-48-36-14-10-30(20-35(36)43)37(44)41-49(4,46)28(26)3/h10-11,13-14,19-20,26-28,31,34,45H,4-9,12,15-18,21-25H2,1-3H3,(H,41,44,46)/t26-,27-,28+,31-,34+,38-,39+,49?/m0/s1. The number of nitrogens with one attached hydrogen (secondary N) is 1. The first-order valence-electron chi connectivity index (χ1n) is 18.4. The predicted molar refractivity (Wildman–Crippen MR) is 198 cm³/mol. The summed E-state index contributed by atoms with van der Waals surface area (Å²) < 4.78 is 29.2. The third-order valence-electron chi connectivity index (χ3n) is 12.8. The second-order valence-electron chi connectivity index (χ2n) is 16.0. The summed E-state index contributed by atoms with van der Waals surface area (Å²) in [6.45, 7) is 11.1. The number of ether oxygens (including phenoxy) is 2. The first kappa shape index (κ1) is 35.1. The molecule has 3 aliphatic heterocycles.